The summed E-state index contributed by atoms with van der Waals surface area (Å²) in [6, 6.07) is 5.43. The molecule has 108 valence electrons. The lowest BCUT2D eigenvalue weighted by Gasteiger charge is -2.15. The number of hydrogen-bond acceptors (Lipinski definition) is 3. The molecular formula is C15H21N3O2. The van der Waals surface area contributed by atoms with Crippen LogP contribution >= 0.6 is 0 Å². The fourth-order valence-electron chi connectivity index (χ4n) is 2.14. The van der Waals surface area contributed by atoms with Crippen molar-refractivity contribution >= 4 is 11.6 Å². The van der Waals surface area contributed by atoms with Crippen LogP contribution in [0.15, 0.2) is 28.8 Å². The Morgan fingerprint density at radius 1 is 1.35 bits per heavy atom. The predicted octanol–water partition coefficient (Wildman–Crippen LogP) is 3.04. The molecule has 2 aromatic rings. The Morgan fingerprint density at radius 2 is 2.05 bits per heavy atom. The summed E-state index contributed by atoms with van der Waals surface area (Å²) in [5.74, 6) is 1.42. The van der Waals surface area contributed by atoms with Gasteiger partial charge in [0.1, 0.15) is 17.2 Å². The van der Waals surface area contributed by atoms with Gasteiger partial charge >= 0.3 is 0 Å². The molecule has 2 rings (SSSR count). The van der Waals surface area contributed by atoms with E-state index in [1.165, 1.54) is 0 Å². The maximum Gasteiger partial charge on any atom is 0.268 e. The Hall–Kier alpha value is -2.17. The molecule has 1 amide bonds. The smallest absolute Gasteiger partial charge is 0.268 e. The van der Waals surface area contributed by atoms with E-state index < -0.39 is 0 Å². The van der Waals surface area contributed by atoms with E-state index in [0.29, 0.717) is 11.4 Å². The van der Waals surface area contributed by atoms with Crippen molar-refractivity contribution in [2.24, 2.45) is 0 Å². The van der Waals surface area contributed by atoms with Crippen LogP contribution in [0.4, 0.5) is 5.69 Å². The molecule has 0 aliphatic heterocycles. The lowest BCUT2D eigenvalue weighted by Crippen LogP contribution is -2.28. The van der Waals surface area contributed by atoms with Gasteiger partial charge in [0.2, 0.25) is 0 Å². The average molecular weight is 275 g/mol. The van der Waals surface area contributed by atoms with Crippen LogP contribution in [0.1, 0.15) is 54.9 Å². The number of hydrogen-bond donors (Lipinski definition) is 2. The number of anilines is 1. The van der Waals surface area contributed by atoms with Gasteiger partial charge in [-0.25, -0.2) is 0 Å². The molecule has 0 spiro atoms. The number of carbonyl (C=O) groups excluding carboxylic acids is 1. The van der Waals surface area contributed by atoms with E-state index in [2.05, 4.69) is 5.32 Å². The first-order chi connectivity index (χ1) is 9.38. The molecule has 5 heteroatoms. The van der Waals surface area contributed by atoms with E-state index in [1.807, 2.05) is 44.4 Å². The third-order valence-corrected chi connectivity index (χ3v) is 3.19. The van der Waals surface area contributed by atoms with Gasteiger partial charge in [-0.3, -0.25) is 4.79 Å². The minimum atomic E-state index is -0.187. The molecule has 3 N–H and O–H groups in total. The zero-order chi connectivity index (χ0) is 14.9. The van der Waals surface area contributed by atoms with E-state index in [9.17, 15) is 4.79 Å². The second kappa shape index (κ2) is 5.45. The van der Waals surface area contributed by atoms with Gasteiger partial charge in [0, 0.05) is 12.2 Å². The summed E-state index contributed by atoms with van der Waals surface area (Å²) in [6.45, 7) is 7.79. The van der Waals surface area contributed by atoms with Crippen LogP contribution in [0.2, 0.25) is 0 Å². The third kappa shape index (κ3) is 2.87. The highest BCUT2D eigenvalue weighted by Gasteiger charge is 2.18. The average Bonchev–Trinajstić information content (AvgIpc) is 2.95. The van der Waals surface area contributed by atoms with Crippen LogP contribution in [-0.4, -0.2) is 10.5 Å². The zero-order valence-electron chi connectivity index (χ0n) is 12.3. The Bertz CT molecular complexity index is 610. The number of aromatic nitrogens is 1. The van der Waals surface area contributed by atoms with E-state index in [-0.39, 0.29) is 18.0 Å². The SMILES string of the molecule is Cc1ccc(C(C)NC(=O)c2cc(N)cn2C(C)C)o1. The number of aryl methyl sites for hydroxylation is 1. The zero-order valence-corrected chi connectivity index (χ0v) is 12.3. The minimum absolute atomic E-state index is 0.156. The number of rotatable bonds is 4. The fourth-order valence-corrected chi connectivity index (χ4v) is 2.14. The molecule has 0 fully saturated rings. The normalized spacial score (nSPS) is 12.7. The molecule has 2 aromatic heterocycles. The topological polar surface area (TPSA) is 73.2 Å². The molecule has 2 heterocycles. The van der Waals surface area contributed by atoms with Gasteiger partial charge in [-0.2, -0.15) is 0 Å². The number of nitrogen functional groups attached to an aromatic ring is 1. The first-order valence-electron chi connectivity index (χ1n) is 6.73. The first-order valence-corrected chi connectivity index (χ1v) is 6.73. The van der Waals surface area contributed by atoms with Gasteiger partial charge in [-0.15, -0.1) is 0 Å². The van der Waals surface area contributed by atoms with Crippen molar-refractivity contribution in [1.82, 2.24) is 9.88 Å². The molecule has 0 saturated carbocycles. The predicted molar refractivity (Wildman–Crippen MR) is 78.6 cm³/mol. The van der Waals surface area contributed by atoms with Crippen molar-refractivity contribution in [1.29, 1.82) is 0 Å². The van der Waals surface area contributed by atoms with Crippen molar-refractivity contribution in [2.75, 3.05) is 5.73 Å². The lowest BCUT2D eigenvalue weighted by atomic mass is 10.2. The maximum atomic E-state index is 12.3. The Balaban J connectivity index is 2.16. The summed E-state index contributed by atoms with van der Waals surface area (Å²) in [7, 11) is 0. The van der Waals surface area contributed by atoms with Gasteiger partial charge < -0.3 is 20.0 Å². The number of nitrogens with one attached hydrogen (secondary N) is 1. The molecule has 20 heavy (non-hydrogen) atoms. The van der Waals surface area contributed by atoms with Crippen LogP contribution < -0.4 is 11.1 Å². The minimum Gasteiger partial charge on any atom is -0.464 e. The molecule has 0 saturated heterocycles. The van der Waals surface area contributed by atoms with Crippen molar-refractivity contribution in [3.63, 3.8) is 0 Å². The molecule has 0 radical (unpaired) electrons. The largest absolute Gasteiger partial charge is 0.464 e. The number of nitrogens with two attached hydrogens (primary N) is 1. The molecule has 0 aliphatic carbocycles. The highest BCUT2D eigenvalue weighted by atomic mass is 16.3. The van der Waals surface area contributed by atoms with Crippen molar-refractivity contribution in [2.45, 2.75) is 39.8 Å². The fraction of sp³-hybridized carbons (Fsp3) is 0.400. The van der Waals surface area contributed by atoms with Crippen LogP contribution in [0.25, 0.3) is 0 Å². The Labute approximate surface area is 118 Å². The van der Waals surface area contributed by atoms with E-state index in [0.717, 1.165) is 11.5 Å². The van der Waals surface area contributed by atoms with Gasteiger partial charge in [0.15, 0.2) is 0 Å². The molecule has 0 aromatic carbocycles. The Kier molecular flexibility index (Phi) is 3.88. The monoisotopic (exact) mass is 275 g/mol. The van der Waals surface area contributed by atoms with E-state index in [4.69, 9.17) is 10.2 Å². The van der Waals surface area contributed by atoms with Crippen LogP contribution in [0, 0.1) is 6.92 Å². The molecule has 5 nitrogen and oxygen atoms in total. The van der Waals surface area contributed by atoms with Crippen molar-refractivity contribution in [3.05, 3.63) is 41.6 Å². The number of nitrogens with zero attached hydrogens (tertiary/aromatic N) is 1. The van der Waals surface area contributed by atoms with E-state index in [1.54, 1.807) is 12.3 Å². The molecule has 0 aliphatic rings. The molecule has 0 bridgehead atoms. The highest BCUT2D eigenvalue weighted by Crippen LogP contribution is 2.19. The van der Waals surface area contributed by atoms with Crippen LogP contribution in [-0.2, 0) is 0 Å². The summed E-state index contributed by atoms with van der Waals surface area (Å²) in [6.07, 6.45) is 1.78. The molecular weight excluding hydrogens is 254 g/mol. The summed E-state index contributed by atoms with van der Waals surface area (Å²) < 4.78 is 7.38. The van der Waals surface area contributed by atoms with Gasteiger partial charge in [0.05, 0.1) is 11.7 Å². The number of carbonyl (C=O) groups is 1. The Morgan fingerprint density at radius 3 is 2.60 bits per heavy atom. The highest BCUT2D eigenvalue weighted by molar-refractivity contribution is 5.94. The second-order valence-corrected chi connectivity index (χ2v) is 5.30. The number of amides is 1. The second-order valence-electron chi connectivity index (χ2n) is 5.30. The van der Waals surface area contributed by atoms with Crippen molar-refractivity contribution in [3.8, 4) is 0 Å². The summed E-state index contributed by atoms with van der Waals surface area (Å²) >= 11 is 0. The van der Waals surface area contributed by atoms with Crippen LogP contribution in [0.3, 0.4) is 0 Å². The van der Waals surface area contributed by atoms with Gasteiger partial charge in [-0.05, 0) is 45.9 Å². The van der Waals surface area contributed by atoms with Crippen molar-refractivity contribution < 1.29 is 9.21 Å². The van der Waals surface area contributed by atoms with Gasteiger partial charge in [0.25, 0.3) is 5.91 Å². The first kappa shape index (κ1) is 14.2. The standard InChI is InChI=1S/C15H21N3O2/c1-9(2)18-8-12(16)7-13(18)15(19)17-11(4)14-6-5-10(3)20-14/h5-9,11H,16H2,1-4H3,(H,17,19). The third-order valence-electron chi connectivity index (χ3n) is 3.19. The summed E-state index contributed by atoms with van der Waals surface area (Å²) in [5, 5.41) is 2.93. The quantitative estimate of drug-likeness (QED) is 0.900. The molecule has 1 unspecified atom stereocenters. The summed E-state index contributed by atoms with van der Waals surface area (Å²) in [4.78, 5) is 12.3. The van der Waals surface area contributed by atoms with Gasteiger partial charge in [-0.1, -0.05) is 0 Å². The lowest BCUT2D eigenvalue weighted by molar-refractivity contribution is 0.0924. The van der Waals surface area contributed by atoms with Crippen LogP contribution in [0.5, 0.6) is 0 Å². The maximum absolute atomic E-state index is 12.3. The number of furan rings is 1. The molecule has 1 atom stereocenters. The summed E-state index contributed by atoms with van der Waals surface area (Å²) in [5.41, 5.74) is 6.93. The van der Waals surface area contributed by atoms with E-state index >= 15 is 0 Å².